The molecule has 0 bridgehead atoms. The van der Waals surface area contributed by atoms with E-state index in [2.05, 4.69) is 18.8 Å². The lowest BCUT2D eigenvalue weighted by molar-refractivity contribution is -0.132. The van der Waals surface area contributed by atoms with E-state index < -0.39 is 0 Å². The highest BCUT2D eigenvalue weighted by atomic mass is 16.5. The number of hydrogen-bond acceptors (Lipinski definition) is 3. The van der Waals surface area contributed by atoms with Crippen molar-refractivity contribution in [3.8, 4) is 5.75 Å². The van der Waals surface area contributed by atoms with Crippen LogP contribution in [-0.4, -0.2) is 22.4 Å². The number of carbonyl (C=O) groups is 1. The fourth-order valence-corrected chi connectivity index (χ4v) is 2.34. The van der Waals surface area contributed by atoms with E-state index in [9.17, 15) is 4.79 Å². The molecular formula is C20H26N2O2. The number of rotatable bonds is 8. The van der Waals surface area contributed by atoms with Crippen molar-refractivity contribution in [2.75, 3.05) is 6.61 Å². The number of ether oxygens (including phenoxy) is 1. The lowest BCUT2D eigenvalue weighted by Gasteiger charge is -2.22. The maximum Gasteiger partial charge on any atom is 0.222 e. The molecule has 1 amide bonds. The normalized spacial score (nSPS) is 10.7. The van der Waals surface area contributed by atoms with Crippen molar-refractivity contribution in [2.24, 2.45) is 5.92 Å². The first kappa shape index (κ1) is 18.0. The number of benzene rings is 1. The van der Waals surface area contributed by atoms with Gasteiger partial charge in [0.15, 0.2) is 0 Å². The second-order valence-electron chi connectivity index (χ2n) is 6.31. The van der Waals surface area contributed by atoms with Crippen LogP contribution in [0, 0.1) is 5.92 Å². The van der Waals surface area contributed by atoms with Gasteiger partial charge in [0.1, 0.15) is 5.75 Å². The smallest absolute Gasteiger partial charge is 0.222 e. The Morgan fingerprint density at radius 1 is 1.04 bits per heavy atom. The molecule has 4 heteroatoms. The van der Waals surface area contributed by atoms with Gasteiger partial charge in [-0.1, -0.05) is 32.9 Å². The van der Waals surface area contributed by atoms with Crippen molar-refractivity contribution in [3.05, 3.63) is 59.9 Å². The first-order valence-electron chi connectivity index (χ1n) is 8.47. The van der Waals surface area contributed by atoms with E-state index in [1.54, 1.807) is 12.4 Å². The Morgan fingerprint density at radius 3 is 2.17 bits per heavy atom. The zero-order chi connectivity index (χ0) is 17.4. The van der Waals surface area contributed by atoms with Gasteiger partial charge in [0.2, 0.25) is 5.91 Å². The Labute approximate surface area is 144 Å². The van der Waals surface area contributed by atoms with Crippen LogP contribution in [0.3, 0.4) is 0 Å². The van der Waals surface area contributed by atoms with Crippen LogP contribution in [0.1, 0.15) is 38.3 Å². The summed E-state index contributed by atoms with van der Waals surface area (Å²) in [4.78, 5) is 18.1. The summed E-state index contributed by atoms with van der Waals surface area (Å²) in [6, 6.07) is 11.9. The fourth-order valence-electron chi connectivity index (χ4n) is 2.34. The van der Waals surface area contributed by atoms with Gasteiger partial charge < -0.3 is 9.64 Å². The number of carbonyl (C=O) groups excluding carboxylic acids is 1. The van der Waals surface area contributed by atoms with Gasteiger partial charge in [-0.3, -0.25) is 9.78 Å². The molecule has 1 aromatic heterocycles. The quantitative estimate of drug-likeness (QED) is 0.735. The first-order chi connectivity index (χ1) is 11.6. The van der Waals surface area contributed by atoms with Gasteiger partial charge in [-0.05, 0) is 41.3 Å². The van der Waals surface area contributed by atoms with Gasteiger partial charge in [-0.25, -0.2) is 0 Å². The number of aromatic nitrogens is 1. The van der Waals surface area contributed by atoms with Crippen LogP contribution in [0.5, 0.6) is 5.75 Å². The molecule has 0 spiro atoms. The third-order valence-corrected chi connectivity index (χ3v) is 3.66. The highest BCUT2D eigenvalue weighted by Crippen LogP contribution is 2.16. The van der Waals surface area contributed by atoms with Gasteiger partial charge in [0, 0.05) is 31.9 Å². The minimum absolute atomic E-state index is 0.145. The van der Waals surface area contributed by atoms with Crippen LogP contribution in [-0.2, 0) is 17.9 Å². The maximum absolute atomic E-state index is 12.3. The summed E-state index contributed by atoms with van der Waals surface area (Å²) in [6.07, 6.45) is 4.01. The fraction of sp³-hybridized carbons (Fsp3) is 0.400. The molecule has 1 heterocycles. The van der Waals surface area contributed by atoms with E-state index >= 15 is 0 Å². The second-order valence-corrected chi connectivity index (χ2v) is 6.31. The highest BCUT2D eigenvalue weighted by Gasteiger charge is 2.13. The molecule has 0 N–H and O–H groups in total. The summed E-state index contributed by atoms with van der Waals surface area (Å²) in [5, 5.41) is 0. The van der Waals surface area contributed by atoms with Crippen molar-refractivity contribution in [1.29, 1.82) is 0 Å². The Bertz CT molecular complexity index is 624. The van der Waals surface area contributed by atoms with Crippen molar-refractivity contribution in [2.45, 2.75) is 40.3 Å². The molecule has 2 aromatic rings. The van der Waals surface area contributed by atoms with Crippen LogP contribution >= 0.6 is 0 Å². The van der Waals surface area contributed by atoms with Gasteiger partial charge in [0.05, 0.1) is 6.61 Å². The molecule has 0 saturated carbocycles. The van der Waals surface area contributed by atoms with Crippen molar-refractivity contribution >= 4 is 5.91 Å². The van der Waals surface area contributed by atoms with Gasteiger partial charge in [0.25, 0.3) is 0 Å². The minimum atomic E-state index is 0.145. The van der Waals surface area contributed by atoms with E-state index in [-0.39, 0.29) is 5.91 Å². The maximum atomic E-state index is 12.3. The zero-order valence-corrected chi connectivity index (χ0v) is 14.7. The SMILES string of the molecule is CCC(=O)N(Cc1ccncc1)Cc1ccc(OCC(C)C)cc1. The average Bonchev–Trinajstić information content (AvgIpc) is 2.60. The Kier molecular flexibility index (Phi) is 6.79. The molecule has 128 valence electrons. The summed E-state index contributed by atoms with van der Waals surface area (Å²) in [7, 11) is 0. The molecule has 24 heavy (non-hydrogen) atoms. The summed E-state index contributed by atoms with van der Waals surface area (Å²) >= 11 is 0. The second kappa shape index (κ2) is 9.06. The summed E-state index contributed by atoms with van der Waals surface area (Å²) in [6.45, 7) is 8.05. The van der Waals surface area contributed by atoms with Crippen LogP contribution in [0.4, 0.5) is 0 Å². The number of amides is 1. The zero-order valence-electron chi connectivity index (χ0n) is 14.7. The number of hydrogen-bond donors (Lipinski definition) is 0. The van der Waals surface area contributed by atoms with E-state index in [1.807, 2.05) is 48.2 Å². The molecule has 0 radical (unpaired) electrons. The molecular weight excluding hydrogens is 300 g/mol. The standard InChI is InChI=1S/C20H26N2O2/c1-4-20(23)22(14-18-9-11-21-12-10-18)13-17-5-7-19(8-6-17)24-15-16(2)3/h5-12,16H,4,13-15H2,1-3H3. The topological polar surface area (TPSA) is 42.4 Å². The minimum Gasteiger partial charge on any atom is -0.493 e. The van der Waals surface area contributed by atoms with Gasteiger partial charge in [-0.15, -0.1) is 0 Å². The van der Waals surface area contributed by atoms with Crippen LogP contribution in [0.25, 0.3) is 0 Å². The molecule has 0 saturated heterocycles. The molecule has 0 aliphatic carbocycles. The van der Waals surface area contributed by atoms with Crippen LogP contribution in [0.2, 0.25) is 0 Å². The highest BCUT2D eigenvalue weighted by molar-refractivity contribution is 5.75. The Balaban J connectivity index is 2.02. The van der Waals surface area contributed by atoms with Crippen molar-refractivity contribution in [1.82, 2.24) is 9.88 Å². The largest absolute Gasteiger partial charge is 0.493 e. The number of nitrogens with zero attached hydrogens (tertiary/aromatic N) is 2. The predicted octanol–water partition coefficient (Wildman–Crippen LogP) is 4.06. The van der Waals surface area contributed by atoms with E-state index in [4.69, 9.17) is 4.74 Å². The molecule has 0 aliphatic heterocycles. The van der Waals surface area contributed by atoms with Gasteiger partial charge in [-0.2, -0.15) is 0 Å². The third kappa shape index (κ3) is 5.69. The van der Waals surface area contributed by atoms with Gasteiger partial charge >= 0.3 is 0 Å². The first-order valence-corrected chi connectivity index (χ1v) is 8.47. The van der Waals surface area contributed by atoms with Crippen molar-refractivity contribution < 1.29 is 9.53 Å². The van der Waals surface area contributed by atoms with Crippen molar-refractivity contribution in [3.63, 3.8) is 0 Å². The van der Waals surface area contributed by atoms with E-state index in [0.29, 0.717) is 32.0 Å². The number of pyridine rings is 1. The lowest BCUT2D eigenvalue weighted by Crippen LogP contribution is -2.29. The molecule has 0 atom stereocenters. The third-order valence-electron chi connectivity index (χ3n) is 3.66. The molecule has 0 fully saturated rings. The van der Waals surface area contributed by atoms with E-state index in [0.717, 1.165) is 16.9 Å². The lowest BCUT2D eigenvalue weighted by atomic mass is 10.1. The van der Waals surface area contributed by atoms with E-state index in [1.165, 1.54) is 0 Å². The van der Waals surface area contributed by atoms with Crippen LogP contribution in [0.15, 0.2) is 48.8 Å². The summed E-state index contributed by atoms with van der Waals surface area (Å²) in [5.74, 6) is 1.52. The predicted molar refractivity (Wildman–Crippen MR) is 95.6 cm³/mol. The molecule has 4 nitrogen and oxygen atoms in total. The Hall–Kier alpha value is -2.36. The summed E-state index contributed by atoms with van der Waals surface area (Å²) < 4.78 is 5.70. The molecule has 1 aromatic carbocycles. The molecule has 0 aliphatic rings. The Morgan fingerprint density at radius 2 is 1.62 bits per heavy atom. The van der Waals surface area contributed by atoms with Crippen LogP contribution < -0.4 is 4.74 Å². The summed E-state index contributed by atoms with van der Waals surface area (Å²) in [5.41, 5.74) is 2.19. The molecule has 2 rings (SSSR count). The average molecular weight is 326 g/mol. The molecule has 0 unspecified atom stereocenters. The monoisotopic (exact) mass is 326 g/mol.